The van der Waals surface area contributed by atoms with Gasteiger partial charge in [0, 0.05) is 39.1 Å². The van der Waals surface area contributed by atoms with Crippen LogP contribution in [0.25, 0.3) is 0 Å². The number of carbonyl (C=O) groups is 3. The molecule has 3 amide bonds. The summed E-state index contributed by atoms with van der Waals surface area (Å²) in [6.07, 6.45) is 1.44. The van der Waals surface area contributed by atoms with E-state index in [1.165, 1.54) is 6.08 Å². The molecule has 1 heterocycles. The first-order valence-electron chi connectivity index (χ1n) is 8.89. The lowest BCUT2D eigenvalue weighted by Crippen LogP contribution is -2.54. The highest BCUT2D eigenvalue weighted by Crippen LogP contribution is 2.26. The summed E-state index contributed by atoms with van der Waals surface area (Å²) in [7, 11) is 0. The quantitative estimate of drug-likeness (QED) is 0.781. The van der Waals surface area contributed by atoms with Crippen LogP contribution in [0.1, 0.15) is 25.8 Å². The number of benzene rings is 1. The van der Waals surface area contributed by atoms with Gasteiger partial charge in [-0.15, -0.1) is 0 Å². The van der Waals surface area contributed by atoms with Gasteiger partial charge >= 0.3 is 0 Å². The number of nitrogens with zero attached hydrogens (tertiary/aromatic N) is 2. The zero-order valence-corrected chi connectivity index (χ0v) is 15.5. The van der Waals surface area contributed by atoms with E-state index in [4.69, 9.17) is 0 Å². The monoisotopic (exact) mass is 357 g/mol. The zero-order valence-electron chi connectivity index (χ0n) is 15.5. The second kappa shape index (κ2) is 8.65. The molecular weight excluding hydrogens is 330 g/mol. The Bertz CT molecular complexity index is 662. The molecular formula is C20H27N3O3. The van der Waals surface area contributed by atoms with Crippen LogP contribution in [0.5, 0.6) is 0 Å². The van der Waals surface area contributed by atoms with Crippen LogP contribution < -0.4 is 5.32 Å². The van der Waals surface area contributed by atoms with E-state index >= 15 is 0 Å². The van der Waals surface area contributed by atoms with Gasteiger partial charge in [0.2, 0.25) is 17.7 Å². The fourth-order valence-corrected chi connectivity index (χ4v) is 3.06. The molecule has 0 saturated carbocycles. The van der Waals surface area contributed by atoms with Crippen LogP contribution >= 0.6 is 0 Å². The first-order chi connectivity index (χ1) is 12.4. The predicted octanol–water partition coefficient (Wildman–Crippen LogP) is 1.33. The van der Waals surface area contributed by atoms with Crippen LogP contribution in [0, 0.1) is 0 Å². The normalized spacial score (nSPS) is 14.7. The van der Waals surface area contributed by atoms with E-state index in [1.54, 1.807) is 4.90 Å². The van der Waals surface area contributed by atoms with Crippen molar-refractivity contribution >= 4 is 17.7 Å². The van der Waals surface area contributed by atoms with Gasteiger partial charge in [-0.1, -0.05) is 36.9 Å². The average Bonchev–Trinajstić information content (AvgIpc) is 2.67. The zero-order chi connectivity index (χ0) is 19.2. The van der Waals surface area contributed by atoms with Gasteiger partial charge < -0.3 is 15.1 Å². The Morgan fingerprint density at radius 1 is 1.08 bits per heavy atom. The molecule has 1 aromatic rings. The fourth-order valence-electron chi connectivity index (χ4n) is 3.06. The number of hydrogen-bond donors (Lipinski definition) is 1. The second-order valence-electron chi connectivity index (χ2n) is 6.91. The second-order valence-corrected chi connectivity index (χ2v) is 6.91. The van der Waals surface area contributed by atoms with Crippen molar-refractivity contribution in [2.45, 2.75) is 25.7 Å². The van der Waals surface area contributed by atoms with Crippen molar-refractivity contribution in [3.63, 3.8) is 0 Å². The van der Waals surface area contributed by atoms with Gasteiger partial charge in [0.15, 0.2) is 0 Å². The van der Waals surface area contributed by atoms with E-state index in [0.29, 0.717) is 32.7 Å². The predicted molar refractivity (Wildman–Crippen MR) is 100 cm³/mol. The minimum atomic E-state index is -0.595. The summed E-state index contributed by atoms with van der Waals surface area (Å²) in [6, 6.07) is 9.74. The van der Waals surface area contributed by atoms with Crippen LogP contribution in [-0.2, 0) is 19.8 Å². The van der Waals surface area contributed by atoms with Gasteiger partial charge in [0.05, 0.1) is 5.41 Å². The van der Waals surface area contributed by atoms with Crippen LogP contribution in [0.2, 0.25) is 0 Å². The van der Waals surface area contributed by atoms with E-state index < -0.39 is 5.41 Å². The highest BCUT2D eigenvalue weighted by atomic mass is 16.2. The third kappa shape index (κ3) is 4.71. The smallest absolute Gasteiger partial charge is 0.243 e. The Hall–Kier alpha value is -2.63. The average molecular weight is 357 g/mol. The van der Waals surface area contributed by atoms with Crippen LogP contribution in [-0.4, -0.2) is 60.2 Å². The highest BCUT2D eigenvalue weighted by Gasteiger charge is 2.35. The fraction of sp³-hybridized carbons (Fsp3) is 0.450. The van der Waals surface area contributed by atoms with Crippen LogP contribution in [0.15, 0.2) is 43.0 Å². The standard InChI is InChI=1S/C20H27N3O3/c1-4-17(24)21-11-10-18(25)22-12-14-23(15-13-22)19(26)20(2,3)16-8-6-5-7-9-16/h4-9H,1,10-15H2,2-3H3,(H,21,24). The lowest BCUT2D eigenvalue weighted by atomic mass is 9.83. The van der Waals surface area contributed by atoms with E-state index in [1.807, 2.05) is 49.1 Å². The van der Waals surface area contributed by atoms with Gasteiger partial charge in [-0.25, -0.2) is 0 Å². The van der Waals surface area contributed by atoms with E-state index in [9.17, 15) is 14.4 Å². The molecule has 0 radical (unpaired) electrons. The largest absolute Gasteiger partial charge is 0.352 e. The number of rotatable bonds is 6. The third-order valence-electron chi connectivity index (χ3n) is 4.77. The number of amides is 3. The van der Waals surface area contributed by atoms with Crippen molar-refractivity contribution in [1.82, 2.24) is 15.1 Å². The topological polar surface area (TPSA) is 69.7 Å². The molecule has 1 fully saturated rings. The Balaban J connectivity index is 1.85. The lowest BCUT2D eigenvalue weighted by Gasteiger charge is -2.38. The SMILES string of the molecule is C=CC(=O)NCCC(=O)N1CCN(C(=O)C(C)(C)c2ccccc2)CC1. The third-order valence-corrected chi connectivity index (χ3v) is 4.77. The maximum Gasteiger partial charge on any atom is 0.243 e. The van der Waals surface area contributed by atoms with E-state index in [0.717, 1.165) is 5.56 Å². The first-order valence-corrected chi connectivity index (χ1v) is 8.89. The lowest BCUT2D eigenvalue weighted by molar-refractivity contribution is -0.142. The first kappa shape index (κ1) is 19.7. The highest BCUT2D eigenvalue weighted by molar-refractivity contribution is 5.88. The van der Waals surface area contributed by atoms with Crippen molar-refractivity contribution in [1.29, 1.82) is 0 Å². The van der Waals surface area contributed by atoms with Gasteiger partial charge in [-0.05, 0) is 25.5 Å². The Morgan fingerprint density at radius 2 is 1.65 bits per heavy atom. The van der Waals surface area contributed by atoms with E-state index in [2.05, 4.69) is 11.9 Å². The van der Waals surface area contributed by atoms with Gasteiger partial charge in [-0.3, -0.25) is 14.4 Å². The molecule has 1 aliphatic heterocycles. The Kier molecular flexibility index (Phi) is 6.55. The number of carbonyl (C=O) groups excluding carboxylic acids is 3. The molecule has 26 heavy (non-hydrogen) atoms. The molecule has 6 heteroatoms. The van der Waals surface area contributed by atoms with E-state index in [-0.39, 0.29) is 24.1 Å². The molecule has 140 valence electrons. The van der Waals surface area contributed by atoms with Crippen molar-refractivity contribution in [3.8, 4) is 0 Å². The molecule has 1 saturated heterocycles. The van der Waals surface area contributed by atoms with Crippen molar-refractivity contribution in [2.75, 3.05) is 32.7 Å². The summed E-state index contributed by atoms with van der Waals surface area (Å²) in [5, 5.41) is 2.60. The number of nitrogens with one attached hydrogen (secondary N) is 1. The number of hydrogen-bond acceptors (Lipinski definition) is 3. The molecule has 0 spiro atoms. The molecule has 1 aliphatic rings. The minimum Gasteiger partial charge on any atom is -0.352 e. The van der Waals surface area contributed by atoms with Crippen molar-refractivity contribution < 1.29 is 14.4 Å². The maximum atomic E-state index is 12.9. The maximum absolute atomic E-state index is 12.9. The summed E-state index contributed by atoms with van der Waals surface area (Å²) < 4.78 is 0. The summed E-state index contributed by atoms with van der Waals surface area (Å²) >= 11 is 0. The molecule has 0 aromatic heterocycles. The van der Waals surface area contributed by atoms with Crippen LogP contribution in [0.3, 0.4) is 0 Å². The molecule has 0 bridgehead atoms. The summed E-state index contributed by atoms with van der Waals surface area (Å²) in [5.74, 6) is -0.214. The van der Waals surface area contributed by atoms with Crippen LogP contribution in [0.4, 0.5) is 0 Å². The molecule has 2 rings (SSSR count). The Labute approximate surface area is 154 Å². The molecule has 1 aromatic carbocycles. The molecule has 6 nitrogen and oxygen atoms in total. The molecule has 0 aliphatic carbocycles. The summed E-state index contributed by atoms with van der Waals surface area (Å²) in [6.45, 7) is 9.63. The molecule has 0 atom stereocenters. The van der Waals surface area contributed by atoms with Gasteiger partial charge in [0.1, 0.15) is 0 Å². The van der Waals surface area contributed by atoms with Gasteiger partial charge in [-0.2, -0.15) is 0 Å². The molecule has 1 N–H and O–H groups in total. The summed E-state index contributed by atoms with van der Waals surface area (Å²) in [4.78, 5) is 39.8. The van der Waals surface area contributed by atoms with Gasteiger partial charge in [0.25, 0.3) is 0 Å². The molecule has 0 unspecified atom stereocenters. The minimum absolute atomic E-state index is 0.0104. The van der Waals surface area contributed by atoms with Crippen molar-refractivity contribution in [2.24, 2.45) is 0 Å². The van der Waals surface area contributed by atoms with Crippen molar-refractivity contribution in [3.05, 3.63) is 48.6 Å². The number of piperazine rings is 1. The Morgan fingerprint density at radius 3 is 2.23 bits per heavy atom. The summed E-state index contributed by atoms with van der Waals surface area (Å²) in [5.41, 5.74) is 0.393.